The molecule has 1 saturated carbocycles. The van der Waals surface area contributed by atoms with Gasteiger partial charge in [-0.3, -0.25) is 14.2 Å². The lowest BCUT2D eigenvalue weighted by Gasteiger charge is -2.32. The van der Waals surface area contributed by atoms with E-state index in [1.807, 2.05) is 54.6 Å². The molecule has 2 aliphatic rings. The Morgan fingerprint density at radius 3 is 2.55 bits per heavy atom. The van der Waals surface area contributed by atoms with Crippen molar-refractivity contribution in [2.24, 2.45) is 7.05 Å². The van der Waals surface area contributed by atoms with Crippen LogP contribution in [0.25, 0.3) is 22.0 Å². The average Bonchev–Trinajstić information content (AvgIpc) is 3.40. The second-order valence-corrected chi connectivity index (χ2v) is 9.07. The fourth-order valence-corrected chi connectivity index (χ4v) is 4.65. The average molecular weight is 443 g/mol. The zero-order valence-electron chi connectivity index (χ0n) is 18.6. The highest BCUT2D eigenvalue weighted by molar-refractivity contribution is 6.04. The number of rotatable bonds is 5. The predicted molar refractivity (Wildman–Crippen MR) is 125 cm³/mol. The van der Waals surface area contributed by atoms with Gasteiger partial charge in [0.2, 0.25) is 0 Å². The lowest BCUT2D eigenvalue weighted by Crippen LogP contribution is -2.36. The lowest BCUT2D eigenvalue weighted by atomic mass is 10.1. The molecule has 0 spiro atoms. The molecule has 1 amide bonds. The number of carbonyl (C=O) groups excluding carboxylic acids is 1. The fourth-order valence-electron chi connectivity index (χ4n) is 4.65. The lowest BCUT2D eigenvalue weighted by molar-refractivity contribution is 0.102. The number of nitrogens with one attached hydrogen (secondary N) is 1. The summed E-state index contributed by atoms with van der Waals surface area (Å²) in [5.74, 6) is 0.190. The fraction of sp³-hybridized carbons (Fsp3) is 0.375. The first kappa shape index (κ1) is 20.0. The number of fused-ring (bicyclic) bond motifs is 1. The van der Waals surface area contributed by atoms with Gasteiger partial charge in [0.15, 0.2) is 5.82 Å². The molecule has 0 bridgehead atoms. The number of aryl methyl sites for hydroxylation is 1. The first-order valence-corrected chi connectivity index (χ1v) is 11.5. The summed E-state index contributed by atoms with van der Waals surface area (Å²) in [4.78, 5) is 15.4. The molecule has 1 aliphatic carbocycles. The third kappa shape index (κ3) is 4.11. The molecule has 0 unspecified atom stereocenters. The zero-order chi connectivity index (χ0) is 22.4. The maximum absolute atomic E-state index is 12.8. The van der Waals surface area contributed by atoms with E-state index in [1.165, 1.54) is 12.8 Å². The molecule has 0 atom stereocenters. The van der Waals surface area contributed by atoms with Crippen molar-refractivity contribution in [3.05, 3.63) is 54.6 Å². The van der Waals surface area contributed by atoms with E-state index < -0.39 is 0 Å². The van der Waals surface area contributed by atoms with Gasteiger partial charge in [-0.15, -0.1) is 10.2 Å². The molecule has 1 N–H and O–H groups in total. The molecule has 33 heavy (non-hydrogen) atoms. The van der Waals surface area contributed by atoms with Gasteiger partial charge in [-0.1, -0.05) is 6.07 Å². The monoisotopic (exact) mass is 442 g/mol. The molecule has 1 aliphatic heterocycles. The topological polar surface area (TPSA) is 93.8 Å². The van der Waals surface area contributed by atoms with E-state index in [9.17, 15) is 4.79 Å². The van der Waals surface area contributed by atoms with Crippen LogP contribution in [-0.2, 0) is 7.05 Å². The largest absolute Gasteiger partial charge is 0.305 e. The Balaban J connectivity index is 1.15. The van der Waals surface area contributed by atoms with Crippen molar-refractivity contribution in [3.8, 4) is 11.1 Å². The minimum atomic E-state index is -0.228. The van der Waals surface area contributed by atoms with Crippen LogP contribution in [0.3, 0.4) is 0 Å². The summed E-state index contributed by atoms with van der Waals surface area (Å²) in [7, 11) is 1.89. The molecule has 1 aromatic carbocycles. The van der Waals surface area contributed by atoms with E-state index in [4.69, 9.17) is 0 Å². The summed E-state index contributed by atoms with van der Waals surface area (Å²) >= 11 is 0. The number of likely N-dealkylation sites (tertiary alicyclic amines) is 1. The Morgan fingerprint density at radius 1 is 0.939 bits per heavy atom. The SMILES string of the molecule is Cn1cc(-c2ccc3nnc(NC(=O)c4cnn(C5CCN(C6CC6)CC5)c4)cc3c2)cn1. The number of anilines is 1. The summed E-state index contributed by atoms with van der Waals surface area (Å²) in [6, 6.07) is 8.96. The number of amides is 1. The van der Waals surface area contributed by atoms with Crippen LogP contribution in [-0.4, -0.2) is 59.7 Å². The maximum atomic E-state index is 12.8. The first-order chi connectivity index (χ1) is 16.1. The number of piperidine rings is 1. The molecular weight excluding hydrogens is 416 g/mol. The predicted octanol–water partition coefficient (Wildman–Crippen LogP) is 3.28. The summed E-state index contributed by atoms with van der Waals surface area (Å²) in [6.45, 7) is 2.23. The number of hydrogen-bond donors (Lipinski definition) is 1. The Hall–Kier alpha value is -3.59. The van der Waals surface area contributed by atoms with Gasteiger partial charge in [0, 0.05) is 49.5 Å². The van der Waals surface area contributed by atoms with Gasteiger partial charge in [0.05, 0.1) is 29.5 Å². The van der Waals surface area contributed by atoms with Crippen LogP contribution in [0.2, 0.25) is 0 Å². The minimum Gasteiger partial charge on any atom is -0.305 e. The van der Waals surface area contributed by atoms with Crippen LogP contribution in [0, 0.1) is 0 Å². The second kappa shape index (κ2) is 8.08. The molecule has 1 saturated heterocycles. The van der Waals surface area contributed by atoms with E-state index >= 15 is 0 Å². The molecule has 4 aromatic rings. The second-order valence-electron chi connectivity index (χ2n) is 9.07. The number of nitrogens with zero attached hydrogens (tertiary/aromatic N) is 7. The van der Waals surface area contributed by atoms with Crippen molar-refractivity contribution in [2.75, 3.05) is 18.4 Å². The summed E-state index contributed by atoms with van der Waals surface area (Å²) < 4.78 is 3.72. The van der Waals surface area contributed by atoms with Gasteiger partial charge in [-0.25, -0.2) is 0 Å². The van der Waals surface area contributed by atoms with Crippen LogP contribution >= 0.6 is 0 Å². The third-order valence-corrected chi connectivity index (χ3v) is 6.67. The van der Waals surface area contributed by atoms with Crippen molar-refractivity contribution in [2.45, 2.75) is 37.8 Å². The molecule has 168 valence electrons. The first-order valence-electron chi connectivity index (χ1n) is 11.5. The van der Waals surface area contributed by atoms with Gasteiger partial charge >= 0.3 is 0 Å². The number of carbonyl (C=O) groups is 1. The van der Waals surface area contributed by atoms with Crippen molar-refractivity contribution in [3.63, 3.8) is 0 Å². The minimum absolute atomic E-state index is 0.228. The van der Waals surface area contributed by atoms with Gasteiger partial charge in [0.25, 0.3) is 5.91 Å². The van der Waals surface area contributed by atoms with E-state index in [0.29, 0.717) is 17.4 Å². The van der Waals surface area contributed by atoms with Crippen LogP contribution in [0.15, 0.2) is 49.1 Å². The van der Waals surface area contributed by atoms with Gasteiger partial charge in [-0.2, -0.15) is 10.2 Å². The van der Waals surface area contributed by atoms with E-state index in [-0.39, 0.29) is 5.91 Å². The third-order valence-electron chi connectivity index (χ3n) is 6.67. The Kier molecular flexibility index (Phi) is 4.91. The Labute approximate surface area is 191 Å². The highest BCUT2D eigenvalue weighted by Crippen LogP contribution is 2.32. The normalized spacial score (nSPS) is 17.5. The molecule has 2 fully saturated rings. The molecule has 9 heteroatoms. The number of hydrogen-bond acceptors (Lipinski definition) is 6. The number of aromatic nitrogens is 6. The number of benzene rings is 1. The molecule has 6 rings (SSSR count). The van der Waals surface area contributed by atoms with Crippen LogP contribution in [0.1, 0.15) is 42.1 Å². The highest BCUT2D eigenvalue weighted by Gasteiger charge is 2.32. The van der Waals surface area contributed by atoms with Gasteiger partial charge in [-0.05, 0) is 49.4 Å². The molecular formula is C24H26N8O. The van der Waals surface area contributed by atoms with Crippen LogP contribution in [0.5, 0.6) is 0 Å². The van der Waals surface area contributed by atoms with Crippen molar-refractivity contribution >= 4 is 22.6 Å². The van der Waals surface area contributed by atoms with E-state index in [2.05, 4.69) is 30.6 Å². The smallest absolute Gasteiger partial charge is 0.260 e. The molecule has 4 heterocycles. The van der Waals surface area contributed by atoms with Gasteiger partial charge in [0.1, 0.15) is 0 Å². The van der Waals surface area contributed by atoms with E-state index in [0.717, 1.165) is 54.0 Å². The Morgan fingerprint density at radius 2 is 1.79 bits per heavy atom. The molecule has 9 nitrogen and oxygen atoms in total. The summed E-state index contributed by atoms with van der Waals surface area (Å²) in [5.41, 5.74) is 3.36. The molecule has 0 radical (unpaired) electrons. The van der Waals surface area contributed by atoms with Crippen molar-refractivity contribution < 1.29 is 4.79 Å². The van der Waals surface area contributed by atoms with Gasteiger partial charge < -0.3 is 10.2 Å². The quantitative estimate of drug-likeness (QED) is 0.510. The standard InChI is InChI=1S/C24H26N8O/c1-30-14-18(12-25-30)16-2-5-22-17(10-16)11-23(29-28-22)27-24(33)19-13-26-32(15-19)21-6-8-31(9-7-21)20-3-4-20/h2,5,10-15,20-21H,3-4,6-9H2,1H3,(H,27,29,33). The van der Waals surface area contributed by atoms with Crippen molar-refractivity contribution in [1.82, 2.24) is 34.7 Å². The Bertz CT molecular complexity index is 1310. The maximum Gasteiger partial charge on any atom is 0.260 e. The molecule has 3 aromatic heterocycles. The highest BCUT2D eigenvalue weighted by atomic mass is 16.1. The summed E-state index contributed by atoms with van der Waals surface area (Å²) in [6.07, 6.45) is 12.1. The summed E-state index contributed by atoms with van der Waals surface area (Å²) in [5, 5.41) is 20.9. The van der Waals surface area contributed by atoms with Crippen LogP contribution < -0.4 is 5.32 Å². The van der Waals surface area contributed by atoms with Crippen molar-refractivity contribution in [1.29, 1.82) is 0 Å². The zero-order valence-corrected chi connectivity index (χ0v) is 18.6. The van der Waals surface area contributed by atoms with Crippen LogP contribution in [0.4, 0.5) is 5.82 Å². The van der Waals surface area contributed by atoms with E-state index in [1.54, 1.807) is 10.9 Å².